The maximum absolute atomic E-state index is 12.7. The van der Waals surface area contributed by atoms with Crippen LogP contribution in [0.2, 0.25) is 0 Å². The SMILES string of the molecule is CCOC(=O)CN1N=C(C)Cn2c1nc1c2c(=O)n(CC)c(=O)n1C. The van der Waals surface area contributed by atoms with E-state index < -0.39 is 17.2 Å². The van der Waals surface area contributed by atoms with E-state index in [4.69, 9.17) is 4.74 Å². The molecule has 3 rings (SSSR count). The Bertz CT molecular complexity index is 996. The summed E-state index contributed by atoms with van der Waals surface area (Å²) in [6.07, 6.45) is 0. The predicted molar refractivity (Wildman–Crippen MR) is 92.0 cm³/mol. The number of fused-ring (bicyclic) bond motifs is 3. The number of hydrogen-bond donors (Lipinski definition) is 0. The molecule has 0 saturated heterocycles. The lowest BCUT2D eigenvalue weighted by Gasteiger charge is -2.23. The molecule has 0 radical (unpaired) electrons. The summed E-state index contributed by atoms with van der Waals surface area (Å²) in [7, 11) is 1.57. The molecule has 0 bridgehead atoms. The van der Waals surface area contributed by atoms with Gasteiger partial charge in [0.25, 0.3) is 5.56 Å². The van der Waals surface area contributed by atoms with E-state index in [1.807, 2.05) is 0 Å². The average Bonchev–Trinajstić information content (AvgIpc) is 2.93. The highest BCUT2D eigenvalue weighted by molar-refractivity contribution is 5.89. The van der Waals surface area contributed by atoms with Crippen LogP contribution in [-0.2, 0) is 29.7 Å². The number of hydrogen-bond acceptors (Lipinski definition) is 7. The maximum Gasteiger partial charge on any atom is 0.332 e. The standard InChI is InChI=1S/C15H20N6O4/c1-5-19-13(23)11-12(18(4)15(19)24)16-14-20(11)7-9(3)17-21(14)8-10(22)25-6-2/h5-8H2,1-4H3. The Morgan fingerprint density at radius 1 is 1.28 bits per heavy atom. The second-order valence-corrected chi connectivity index (χ2v) is 5.76. The number of esters is 1. The first-order valence-electron chi connectivity index (χ1n) is 8.06. The lowest BCUT2D eigenvalue weighted by atomic mass is 10.4. The Morgan fingerprint density at radius 2 is 2.00 bits per heavy atom. The first-order valence-corrected chi connectivity index (χ1v) is 8.06. The molecule has 0 aliphatic carbocycles. The van der Waals surface area contributed by atoms with Crippen molar-refractivity contribution in [1.82, 2.24) is 18.7 Å². The molecule has 0 saturated carbocycles. The molecule has 0 N–H and O–H groups in total. The van der Waals surface area contributed by atoms with Gasteiger partial charge in [0, 0.05) is 13.6 Å². The summed E-state index contributed by atoms with van der Waals surface area (Å²) in [6, 6.07) is 0. The zero-order chi connectivity index (χ0) is 18.3. The quantitative estimate of drug-likeness (QED) is 0.701. The van der Waals surface area contributed by atoms with Crippen molar-refractivity contribution in [3.63, 3.8) is 0 Å². The molecule has 0 spiro atoms. The zero-order valence-corrected chi connectivity index (χ0v) is 14.6. The highest BCUT2D eigenvalue weighted by Crippen LogP contribution is 2.23. The van der Waals surface area contributed by atoms with Crippen LogP contribution in [0.5, 0.6) is 0 Å². The molecule has 1 aliphatic rings. The molecular formula is C15H20N6O4. The van der Waals surface area contributed by atoms with Gasteiger partial charge in [0.15, 0.2) is 11.2 Å². The summed E-state index contributed by atoms with van der Waals surface area (Å²) in [5.41, 5.74) is 0.484. The first kappa shape index (κ1) is 16.9. The third-order valence-electron chi connectivity index (χ3n) is 4.02. The van der Waals surface area contributed by atoms with Crippen molar-refractivity contribution in [3.8, 4) is 0 Å². The van der Waals surface area contributed by atoms with Crippen molar-refractivity contribution in [2.45, 2.75) is 33.9 Å². The topological polar surface area (TPSA) is 104 Å². The van der Waals surface area contributed by atoms with Crippen molar-refractivity contribution in [2.24, 2.45) is 12.1 Å². The Morgan fingerprint density at radius 3 is 2.64 bits per heavy atom. The van der Waals surface area contributed by atoms with Crippen LogP contribution < -0.4 is 16.3 Å². The van der Waals surface area contributed by atoms with Gasteiger partial charge in [0.05, 0.1) is 18.9 Å². The van der Waals surface area contributed by atoms with E-state index in [-0.39, 0.29) is 25.3 Å². The Balaban J connectivity index is 2.23. The molecule has 0 fully saturated rings. The smallest absolute Gasteiger partial charge is 0.332 e. The Hall–Kier alpha value is -2.91. The van der Waals surface area contributed by atoms with Crippen LogP contribution in [0.15, 0.2) is 14.7 Å². The molecule has 10 heteroatoms. The van der Waals surface area contributed by atoms with E-state index in [1.165, 1.54) is 9.58 Å². The van der Waals surface area contributed by atoms with E-state index in [9.17, 15) is 14.4 Å². The molecule has 2 aromatic heterocycles. The third kappa shape index (κ3) is 2.63. The number of ether oxygens (including phenoxy) is 1. The molecule has 2 aromatic rings. The number of aromatic nitrogens is 4. The van der Waals surface area contributed by atoms with E-state index in [0.29, 0.717) is 23.7 Å². The normalized spacial score (nSPS) is 13.8. The molecule has 0 unspecified atom stereocenters. The number of imidazole rings is 1. The summed E-state index contributed by atoms with van der Waals surface area (Å²) < 4.78 is 9.15. The number of carbonyl (C=O) groups excluding carboxylic acids is 1. The number of anilines is 1. The van der Waals surface area contributed by atoms with Gasteiger partial charge in [-0.05, 0) is 20.8 Å². The number of carbonyl (C=O) groups is 1. The van der Waals surface area contributed by atoms with Gasteiger partial charge >= 0.3 is 11.7 Å². The Kier molecular flexibility index (Phi) is 4.19. The lowest BCUT2D eigenvalue weighted by molar-refractivity contribution is -0.141. The lowest BCUT2D eigenvalue weighted by Crippen LogP contribution is -2.39. The maximum atomic E-state index is 12.7. The van der Waals surface area contributed by atoms with Gasteiger partial charge in [0.1, 0.15) is 6.54 Å². The molecule has 134 valence electrons. The minimum absolute atomic E-state index is 0.121. The van der Waals surface area contributed by atoms with Gasteiger partial charge in [-0.3, -0.25) is 23.3 Å². The van der Waals surface area contributed by atoms with E-state index in [2.05, 4.69) is 10.1 Å². The zero-order valence-electron chi connectivity index (χ0n) is 14.6. The van der Waals surface area contributed by atoms with Gasteiger partial charge in [-0.25, -0.2) is 9.80 Å². The van der Waals surface area contributed by atoms with E-state index in [1.54, 1.807) is 32.4 Å². The highest BCUT2D eigenvalue weighted by Gasteiger charge is 2.27. The van der Waals surface area contributed by atoms with Crippen LogP contribution in [0.4, 0.5) is 5.95 Å². The van der Waals surface area contributed by atoms with Crippen LogP contribution >= 0.6 is 0 Å². The molecule has 0 atom stereocenters. The van der Waals surface area contributed by atoms with Crippen LogP contribution in [0, 0.1) is 0 Å². The molecular weight excluding hydrogens is 328 g/mol. The fourth-order valence-electron chi connectivity index (χ4n) is 2.93. The molecule has 10 nitrogen and oxygen atoms in total. The van der Waals surface area contributed by atoms with Crippen LogP contribution in [0.25, 0.3) is 11.2 Å². The molecule has 25 heavy (non-hydrogen) atoms. The number of nitrogens with zero attached hydrogens (tertiary/aromatic N) is 6. The summed E-state index contributed by atoms with van der Waals surface area (Å²) in [5.74, 6) is -0.103. The largest absolute Gasteiger partial charge is 0.465 e. The average molecular weight is 348 g/mol. The molecule has 0 aromatic carbocycles. The summed E-state index contributed by atoms with van der Waals surface area (Å²) >= 11 is 0. The molecule has 0 amide bonds. The summed E-state index contributed by atoms with van der Waals surface area (Å²) in [6.45, 7) is 6.03. The van der Waals surface area contributed by atoms with E-state index >= 15 is 0 Å². The van der Waals surface area contributed by atoms with Gasteiger partial charge in [-0.2, -0.15) is 10.1 Å². The first-order chi connectivity index (χ1) is 11.9. The molecule has 3 heterocycles. The van der Waals surface area contributed by atoms with Gasteiger partial charge in [-0.1, -0.05) is 0 Å². The number of rotatable bonds is 4. The summed E-state index contributed by atoms with van der Waals surface area (Å²) in [5, 5.41) is 5.73. The predicted octanol–water partition coefficient (Wildman–Crippen LogP) is -0.324. The fraction of sp³-hybridized carbons (Fsp3) is 0.533. The minimum Gasteiger partial charge on any atom is -0.465 e. The van der Waals surface area contributed by atoms with Crippen molar-refractivity contribution >= 4 is 28.8 Å². The van der Waals surface area contributed by atoms with Gasteiger partial charge in [-0.15, -0.1) is 0 Å². The Labute approximate surface area is 142 Å². The monoisotopic (exact) mass is 348 g/mol. The second kappa shape index (κ2) is 6.19. The third-order valence-corrected chi connectivity index (χ3v) is 4.02. The second-order valence-electron chi connectivity index (χ2n) is 5.76. The fourth-order valence-corrected chi connectivity index (χ4v) is 2.93. The minimum atomic E-state index is -0.445. The molecule has 1 aliphatic heterocycles. The number of aryl methyl sites for hydroxylation is 1. The highest BCUT2D eigenvalue weighted by atomic mass is 16.5. The van der Waals surface area contributed by atoms with Crippen molar-refractivity contribution < 1.29 is 9.53 Å². The van der Waals surface area contributed by atoms with Gasteiger partial charge < -0.3 is 4.74 Å². The van der Waals surface area contributed by atoms with Crippen LogP contribution in [0.3, 0.4) is 0 Å². The summed E-state index contributed by atoms with van der Waals surface area (Å²) in [4.78, 5) is 41.3. The van der Waals surface area contributed by atoms with Crippen LogP contribution in [0.1, 0.15) is 20.8 Å². The van der Waals surface area contributed by atoms with Crippen molar-refractivity contribution in [2.75, 3.05) is 18.2 Å². The van der Waals surface area contributed by atoms with Gasteiger partial charge in [0.2, 0.25) is 5.95 Å². The van der Waals surface area contributed by atoms with Crippen molar-refractivity contribution in [3.05, 3.63) is 20.8 Å². The van der Waals surface area contributed by atoms with Crippen molar-refractivity contribution in [1.29, 1.82) is 0 Å². The van der Waals surface area contributed by atoms with Crippen LogP contribution in [-0.4, -0.2) is 43.5 Å². The number of hydrazone groups is 1. The van der Waals surface area contributed by atoms with E-state index in [0.717, 1.165) is 4.57 Å².